The molecule has 3 atom stereocenters. The molecule has 1 saturated heterocycles. The van der Waals surface area contributed by atoms with Gasteiger partial charge >= 0.3 is 6.18 Å². The van der Waals surface area contributed by atoms with Crippen LogP contribution >= 0.6 is 0 Å². The normalized spacial score (nSPS) is 25.3. The molecule has 2 aliphatic rings. The van der Waals surface area contributed by atoms with Crippen LogP contribution in [0.1, 0.15) is 6.92 Å². The van der Waals surface area contributed by atoms with E-state index in [4.69, 9.17) is 4.74 Å². The van der Waals surface area contributed by atoms with Crippen molar-refractivity contribution in [1.82, 2.24) is 9.88 Å². The summed E-state index contributed by atoms with van der Waals surface area (Å²) in [5.74, 6) is 1.50. The number of aromatic nitrogens is 1. The Labute approximate surface area is 148 Å². The predicted octanol–water partition coefficient (Wildman–Crippen LogP) is 3.25. The highest BCUT2D eigenvalue weighted by atomic mass is 19.4. The zero-order valence-electron chi connectivity index (χ0n) is 14.3. The van der Waals surface area contributed by atoms with Crippen LogP contribution in [0.4, 0.5) is 18.9 Å². The van der Waals surface area contributed by atoms with Crippen LogP contribution < -0.4 is 10.1 Å². The van der Waals surface area contributed by atoms with E-state index < -0.39 is 12.7 Å². The molecular formula is C18H20F3N3O2. The van der Waals surface area contributed by atoms with Crippen LogP contribution in [-0.2, 0) is 4.79 Å². The third-order valence-electron chi connectivity index (χ3n) is 5.26. The van der Waals surface area contributed by atoms with Crippen molar-refractivity contribution in [2.75, 3.05) is 31.6 Å². The average Bonchev–Trinajstić information content (AvgIpc) is 2.88. The number of rotatable bonds is 5. The molecule has 140 valence electrons. The first-order chi connectivity index (χ1) is 12.3. The number of ether oxygens (including phenoxy) is 1. The Bertz CT molecular complexity index is 821. The van der Waals surface area contributed by atoms with Crippen molar-refractivity contribution in [1.29, 1.82) is 0 Å². The quantitative estimate of drug-likeness (QED) is 0.853. The molecule has 2 heterocycles. The number of halogens is 3. The van der Waals surface area contributed by atoms with E-state index in [0.717, 1.165) is 10.9 Å². The van der Waals surface area contributed by atoms with E-state index >= 15 is 0 Å². The maximum absolute atomic E-state index is 12.4. The summed E-state index contributed by atoms with van der Waals surface area (Å²) in [5, 5.41) is 3.63. The maximum atomic E-state index is 12.4. The molecule has 0 unspecified atom stereocenters. The average molecular weight is 367 g/mol. The van der Waals surface area contributed by atoms with Gasteiger partial charge in [0.25, 0.3) is 0 Å². The number of amides is 1. The molecule has 0 spiro atoms. The summed E-state index contributed by atoms with van der Waals surface area (Å²) >= 11 is 0. The highest BCUT2D eigenvalue weighted by Gasteiger charge is 2.56. The van der Waals surface area contributed by atoms with Gasteiger partial charge in [0.05, 0.1) is 18.8 Å². The van der Waals surface area contributed by atoms with Gasteiger partial charge in [-0.25, -0.2) is 0 Å². The standard InChI is InChI=1S/C18H20F3N3O2/c1-10(25)23-17-5-22-16-3-2-11(4-12(16)17)26-8-15-13-6-24(7-14(13)15)9-18(19,20)21/h2-5,13-15,22H,6-9H2,1H3,(H,23,25)/t13-,14+,15+. The number of likely N-dealkylation sites (tertiary alicyclic amines) is 1. The molecule has 1 aliphatic carbocycles. The third-order valence-corrected chi connectivity index (χ3v) is 5.26. The Morgan fingerprint density at radius 3 is 2.73 bits per heavy atom. The van der Waals surface area contributed by atoms with Gasteiger partial charge in [-0.1, -0.05) is 0 Å². The number of piperidine rings is 1. The summed E-state index contributed by atoms with van der Waals surface area (Å²) in [6.45, 7) is 2.15. The molecule has 1 aromatic heterocycles. The van der Waals surface area contributed by atoms with Crippen molar-refractivity contribution >= 4 is 22.5 Å². The summed E-state index contributed by atoms with van der Waals surface area (Å²) < 4.78 is 43.2. The zero-order chi connectivity index (χ0) is 18.5. The fourth-order valence-corrected chi connectivity index (χ4v) is 4.04. The summed E-state index contributed by atoms with van der Waals surface area (Å²) in [6, 6.07) is 5.60. The molecule has 4 rings (SSSR count). The largest absolute Gasteiger partial charge is 0.493 e. The number of hydrogen-bond acceptors (Lipinski definition) is 3. The van der Waals surface area contributed by atoms with E-state index in [0.29, 0.717) is 48.9 Å². The third kappa shape index (κ3) is 3.51. The van der Waals surface area contributed by atoms with Gasteiger partial charge in [-0.2, -0.15) is 13.2 Å². The van der Waals surface area contributed by atoms with Crippen LogP contribution in [0, 0.1) is 17.8 Å². The van der Waals surface area contributed by atoms with Crippen molar-refractivity contribution in [2.45, 2.75) is 13.1 Å². The molecule has 8 heteroatoms. The van der Waals surface area contributed by atoms with Crippen molar-refractivity contribution < 1.29 is 22.7 Å². The van der Waals surface area contributed by atoms with E-state index in [1.54, 1.807) is 6.20 Å². The first-order valence-electron chi connectivity index (χ1n) is 8.61. The van der Waals surface area contributed by atoms with Gasteiger partial charge in [-0.05, 0) is 30.0 Å². The number of carbonyl (C=O) groups excluding carboxylic acids is 1. The van der Waals surface area contributed by atoms with Crippen LogP contribution in [0.15, 0.2) is 24.4 Å². The van der Waals surface area contributed by atoms with Crippen LogP contribution in [0.2, 0.25) is 0 Å². The van der Waals surface area contributed by atoms with Gasteiger partial charge in [0.1, 0.15) is 5.75 Å². The number of nitrogens with one attached hydrogen (secondary N) is 2. The number of fused-ring (bicyclic) bond motifs is 2. The second-order valence-corrected chi connectivity index (χ2v) is 7.20. The minimum atomic E-state index is -4.12. The molecule has 2 aromatic rings. The molecule has 5 nitrogen and oxygen atoms in total. The molecular weight excluding hydrogens is 347 g/mol. The minimum Gasteiger partial charge on any atom is -0.493 e. The molecule has 0 bridgehead atoms. The van der Waals surface area contributed by atoms with Crippen molar-refractivity contribution in [2.24, 2.45) is 17.8 Å². The SMILES string of the molecule is CC(=O)Nc1c[nH]c2ccc(OC[C@@H]3[C@H]4CN(CC(F)(F)F)C[C@@H]34)cc12. The molecule has 26 heavy (non-hydrogen) atoms. The summed E-state index contributed by atoms with van der Waals surface area (Å²) in [5.41, 5.74) is 1.59. The second kappa shape index (κ2) is 6.19. The number of carbonyl (C=O) groups is 1. The van der Waals surface area contributed by atoms with Gasteiger partial charge in [0.2, 0.25) is 5.91 Å². The molecule has 1 aliphatic heterocycles. The fourth-order valence-electron chi connectivity index (χ4n) is 4.04. The van der Waals surface area contributed by atoms with Crippen molar-refractivity contribution in [3.63, 3.8) is 0 Å². The first-order valence-corrected chi connectivity index (χ1v) is 8.61. The van der Waals surface area contributed by atoms with E-state index in [-0.39, 0.29) is 5.91 Å². The van der Waals surface area contributed by atoms with E-state index in [1.165, 1.54) is 11.8 Å². The van der Waals surface area contributed by atoms with Crippen LogP contribution in [0.5, 0.6) is 5.75 Å². The van der Waals surface area contributed by atoms with Crippen molar-refractivity contribution in [3.8, 4) is 5.75 Å². The second-order valence-electron chi connectivity index (χ2n) is 7.20. The number of alkyl halides is 3. The van der Waals surface area contributed by atoms with E-state index in [9.17, 15) is 18.0 Å². The zero-order valence-corrected chi connectivity index (χ0v) is 14.3. The van der Waals surface area contributed by atoms with Crippen LogP contribution in [0.3, 0.4) is 0 Å². The number of anilines is 1. The fraction of sp³-hybridized carbons (Fsp3) is 0.500. The molecule has 1 aromatic carbocycles. The molecule has 2 fully saturated rings. The Morgan fingerprint density at radius 1 is 1.35 bits per heavy atom. The summed E-state index contributed by atoms with van der Waals surface area (Å²) in [7, 11) is 0. The Kier molecular flexibility index (Phi) is 4.10. The highest BCUT2D eigenvalue weighted by Crippen LogP contribution is 2.52. The highest BCUT2D eigenvalue weighted by molar-refractivity contribution is 6.01. The lowest BCUT2D eigenvalue weighted by Gasteiger charge is -2.20. The number of nitrogens with zero attached hydrogens (tertiary/aromatic N) is 1. The van der Waals surface area contributed by atoms with Gasteiger partial charge in [0, 0.05) is 43.0 Å². The van der Waals surface area contributed by atoms with Crippen LogP contribution in [-0.4, -0.2) is 48.2 Å². The molecule has 1 amide bonds. The molecule has 0 radical (unpaired) electrons. The number of H-pyrrole nitrogens is 1. The predicted molar refractivity (Wildman–Crippen MR) is 91.1 cm³/mol. The molecule has 1 saturated carbocycles. The summed E-state index contributed by atoms with van der Waals surface area (Å²) in [4.78, 5) is 15.8. The molecule has 2 N–H and O–H groups in total. The van der Waals surface area contributed by atoms with Gasteiger partial charge in [-0.3, -0.25) is 9.69 Å². The van der Waals surface area contributed by atoms with Crippen molar-refractivity contribution in [3.05, 3.63) is 24.4 Å². The van der Waals surface area contributed by atoms with E-state index in [1.807, 2.05) is 18.2 Å². The topological polar surface area (TPSA) is 57.4 Å². The lowest BCUT2D eigenvalue weighted by molar-refractivity contribution is -0.145. The number of hydrogen-bond donors (Lipinski definition) is 2. The first kappa shape index (κ1) is 17.2. The van der Waals surface area contributed by atoms with Gasteiger partial charge < -0.3 is 15.0 Å². The van der Waals surface area contributed by atoms with Crippen LogP contribution in [0.25, 0.3) is 10.9 Å². The Hall–Kier alpha value is -2.22. The Balaban J connectivity index is 1.33. The smallest absolute Gasteiger partial charge is 0.401 e. The minimum absolute atomic E-state index is 0.147. The monoisotopic (exact) mass is 367 g/mol. The Morgan fingerprint density at radius 2 is 2.08 bits per heavy atom. The summed E-state index contributed by atoms with van der Waals surface area (Å²) in [6.07, 6.45) is -2.39. The lowest BCUT2D eigenvalue weighted by Crippen LogP contribution is -2.35. The van der Waals surface area contributed by atoms with E-state index in [2.05, 4.69) is 10.3 Å². The van der Waals surface area contributed by atoms with Gasteiger partial charge in [-0.15, -0.1) is 0 Å². The maximum Gasteiger partial charge on any atom is 0.401 e. The number of aromatic amines is 1. The lowest BCUT2D eigenvalue weighted by atomic mass is 10.2. The number of benzene rings is 1. The van der Waals surface area contributed by atoms with Gasteiger partial charge in [0.15, 0.2) is 0 Å².